The first-order valence-electron chi connectivity index (χ1n) is 9.66. The van der Waals surface area contributed by atoms with Crippen molar-refractivity contribution in [2.45, 2.75) is 26.8 Å². The van der Waals surface area contributed by atoms with E-state index in [2.05, 4.69) is 39.1 Å². The first-order valence-corrected chi connectivity index (χ1v) is 9.66. The summed E-state index contributed by atoms with van der Waals surface area (Å²) in [5, 5.41) is 11.3. The van der Waals surface area contributed by atoms with Gasteiger partial charge in [-0.15, -0.1) is 0 Å². The number of rotatable bonds is 6. The monoisotopic (exact) mass is 388 g/mol. The Bertz CT molecular complexity index is 1160. The lowest BCUT2D eigenvalue weighted by Crippen LogP contribution is -2.14. The predicted octanol–water partition coefficient (Wildman–Crippen LogP) is 4.55. The van der Waals surface area contributed by atoms with Crippen molar-refractivity contribution in [3.63, 3.8) is 0 Å². The number of aromatic amines is 1. The molecule has 0 saturated carbocycles. The van der Waals surface area contributed by atoms with Gasteiger partial charge in [0.15, 0.2) is 5.82 Å². The third kappa shape index (κ3) is 3.87. The zero-order valence-corrected chi connectivity index (χ0v) is 16.8. The van der Waals surface area contributed by atoms with E-state index in [4.69, 9.17) is 4.74 Å². The molecule has 0 saturated heterocycles. The van der Waals surface area contributed by atoms with E-state index in [9.17, 15) is 4.79 Å². The number of carbonyl (C=O) groups excluding carboxylic acids is 1. The molecule has 0 fully saturated rings. The molecule has 29 heavy (non-hydrogen) atoms. The highest BCUT2D eigenvalue weighted by molar-refractivity contribution is 5.92. The van der Waals surface area contributed by atoms with E-state index < -0.39 is 0 Å². The maximum atomic E-state index is 12.4. The largest absolute Gasteiger partial charge is 0.497 e. The Hall–Kier alpha value is -3.54. The number of anilines is 1. The van der Waals surface area contributed by atoms with Gasteiger partial charge in [0.25, 0.3) is 0 Å². The number of H-pyrrole nitrogens is 1. The SMILES string of the molecule is CCn1c(-c2cc(NC(=O)Cc3ccc(C)cc3)n[nH]2)cc2cc(OC)ccc21. The molecule has 0 aliphatic rings. The van der Waals surface area contributed by atoms with Gasteiger partial charge >= 0.3 is 0 Å². The van der Waals surface area contributed by atoms with Gasteiger partial charge in [0.05, 0.1) is 24.9 Å². The molecule has 6 heteroatoms. The Labute approximate surface area is 169 Å². The van der Waals surface area contributed by atoms with E-state index in [1.54, 1.807) is 7.11 Å². The average Bonchev–Trinajstić information content (AvgIpc) is 3.32. The van der Waals surface area contributed by atoms with Gasteiger partial charge in [0.2, 0.25) is 5.91 Å². The summed E-state index contributed by atoms with van der Waals surface area (Å²) in [6.45, 7) is 4.95. The lowest BCUT2D eigenvalue weighted by Gasteiger charge is -2.06. The van der Waals surface area contributed by atoms with Crippen LogP contribution in [0.2, 0.25) is 0 Å². The highest BCUT2D eigenvalue weighted by Crippen LogP contribution is 2.30. The van der Waals surface area contributed by atoms with Crippen molar-refractivity contribution < 1.29 is 9.53 Å². The highest BCUT2D eigenvalue weighted by atomic mass is 16.5. The van der Waals surface area contributed by atoms with Crippen molar-refractivity contribution in [1.29, 1.82) is 0 Å². The molecule has 0 atom stereocenters. The number of nitrogens with zero attached hydrogens (tertiary/aromatic N) is 2. The number of hydrogen-bond acceptors (Lipinski definition) is 3. The van der Waals surface area contributed by atoms with Gasteiger partial charge < -0.3 is 14.6 Å². The normalized spacial score (nSPS) is 11.0. The Morgan fingerprint density at radius 2 is 1.93 bits per heavy atom. The number of methoxy groups -OCH3 is 1. The molecular weight excluding hydrogens is 364 g/mol. The quantitative estimate of drug-likeness (QED) is 0.509. The third-order valence-electron chi connectivity index (χ3n) is 5.03. The molecule has 0 unspecified atom stereocenters. The van der Waals surface area contributed by atoms with Crippen molar-refractivity contribution in [3.05, 3.63) is 65.7 Å². The summed E-state index contributed by atoms with van der Waals surface area (Å²) in [5.41, 5.74) is 5.15. The molecule has 4 aromatic rings. The van der Waals surface area contributed by atoms with Crippen molar-refractivity contribution >= 4 is 22.6 Å². The molecule has 2 N–H and O–H groups in total. The molecule has 4 rings (SSSR count). The van der Waals surface area contributed by atoms with Crippen LogP contribution < -0.4 is 10.1 Å². The molecule has 6 nitrogen and oxygen atoms in total. The number of amides is 1. The van der Waals surface area contributed by atoms with Crippen LogP contribution in [0.3, 0.4) is 0 Å². The fourth-order valence-corrected chi connectivity index (χ4v) is 3.54. The molecule has 2 heterocycles. The van der Waals surface area contributed by atoms with E-state index >= 15 is 0 Å². The van der Waals surface area contributed by atoms with Crippen LogP contribution in [-0.2, 0) is 17.8 Å². The average molecular weight is 388 g/mol. The second-order valence-corrected chi connectivity index (χ2v) is 7.08. The summed E-state index contributed by atoms with van der Waals surface area (Å²) < 4.78 is 7.55. The molecule has 0 spiro atoms. The maximum absolute atomic E-state index is 12.4. The predicted molar refractivity (Wildman–Crippen MR) is 115 cm³/mol. The van der Waals surface area contributed by atoms with Crippen LogP contribution in [0.15, 0.2) is 54.6 Å². The van der Waals surface area contributed by atoms with Crippen LogP contribution >= 0.6 is 0 Å². The number of aryl methyl sites for hydroxylation is 2. The third-order valence-corrected chi connectivity index (χ3v) is 5.03. The summed E-state index contributed by atoms with van der Waals surface area (Å²) in [6, 6.07) is 18.0. The number of nitrogens with one attached hydrogen (secondary N) is 2. The van der Waals surface area contributed by atoms with Crippen molar-refractivity contribution in [3.8, 4) is 17.1 Å². The van der Waals surface area contributed by atoms with E-state index in [0.717, 1.165) is 40.1 Å². The standard InChI is InChI=1S/C23H24N4O2/c1-4-27-20-10-9-18(29-3)12-17(20)13-21(27)19-14-22(26-25-19)24-23(28)11-16-7-5-15(2)6-8-16/h5-10,12-14H,4,11H2,1-3H3,(H2,24,25,26,28). The number of carbonyl (C=O) groups is 1. The summed E-state index contributed by atoms with van der Waals surface area (Å²) in [5.74, 6) is 1.25. The Morgan fingerprint density at radius 3 is 2.66 bits per heavy atom. The van der Waals surface area contributed by atoms with Crippen LogP contribution in [0.4, 0.5) is 5.82 Å². The van der Waals surface area contributed by atoms with Crippen LogP contribution in [0.5, 0.6) is 5.75 Å². The van der Waals surface area contributed by atoms with Crippen molar-refractivity contribution in [2.24, 2.45) is 0 Å². The zero-order valence-electron chi connectivity index (χ0n) is 16.8. The minimum Gasteiger partial charge on any atom is -0.497 e. The first kappa shape index (κ1) is 18.8. The second-order valence-electron chi connectivity index (χ2n) is 7.08. The van der Waals surface area contributed by atoms with Gasteiger partial charge in [0.1, 0.15) is 5.75 Å². The van der Waals surface area contributed by atoms with Gasteiger partial charge in [-0.05, 0) is 43.7 Å². The minimum atomic E-state index is -0.0901. The lowest BCUT2D eigenvalue weighted by atomic mass is 10.1. The summed E-state index contributed by atoms with van der Waals surface area (Å²) in [7, 11) is 1.67. The van der Waals surface area contributed by atoms with Gasteiger partial charge in [-0.1, -0.05) is 29.8 Å². The van der Waals surface area contributed by atoms with Gasteiger partial charge in [-0.3, -0.25) is 9.89 Å². The number of fused-ring (bicyclic) bond motifs is 1. The van der Waals surface area contributed by atoms with Gasteiger partial charge in [-0.25, -0.2) is 0 Å². The van der Waals surface area contributed by atoms with Gasteiger partial charge in [0, 0.05) is 23.5 Å². The molecule has 0 radical (unpaired) electrons. The van der Waals surface area contributed by atoms with Crippen LogP contribution in [-0.4, -0.2) is 27.8 Å². The molecule has 148 valence electrons. The number of benzene rings is 2. The van der Waals surface area contributed by atoms with E-state index in [0.29, 0.717) is 12.2 Å². The number of ether oxygens (including phenoxy) is 1. The first-order chi connectivity index (χ1) is 14.1. The van der Waals surface area contributed by atoms with Crippen molar-refractivity contribution in [1.82, 2.24) is 14.8 Å². The fraction of sp³-hybridized carbons (Fsp3) is 0.217. The Kier molecular flexibility index (Phi) is 5.08. The molecule has 0 aliphatic heterocycles. The van der Waals surface area contributed by atoms with Crippen molar-refractivity contribution in [2.75, 3.05) is 12.4 Å². The Balaban J connectivity index is 1.55. The van der Waals surface area contributed by atoms with E-state index in [1.165, 1.54) is 5.56 Å². The molecule has 2 aromatic carbocycles. The minimum absolute atomic E-state index is 0.0901. The summed E-state index contributed by atoms with van der Waals surface area (Å²) in [6.07, 6.45) is 0.317. The number of aromatic nitrogens is 3. The number of hydrogen-bond donors (Lipinski definition) is 2. The smallest absolute Gasteiger partial charge is 0.229 e. The summed E-state index contributed by atoms with van der Waals surface area (Å²) in [4.78, 5) is 12.4. The van der Waals surface area contributed by atoms with Crippen LogP contribution in [0, 0.1) is 6.92 Å². The van der Waals surface area contributed by atoms with E-state index in [1.807, 2.05) is 49.4 Å². The molecular formula is C23H24N4O2. The molecule has 0 bridgehead atoms. The zero-order chi connectivity index (χ0) is 20.4. The summed E-state index contributed by atoms with van der Waals surface area (Å²) >= 11 is 0. The Morgan fingerprint density at radius 1 is 1.14 bits per heavy atom. The lowest BCUT2D eigenvalue weighted by molar-refractivity contribution is -0.115. The van der Waals surface area contributed by atoms with Crippen LogP contribution in [0.1, 0.15) is 18.1 Å². The fourth-order valence-electron chi connectivity index (χ4n) is 3.54. The maximum Gasteiger partial charge on any atom is 0.229 e. The topological polar surface area (TPSA) is 71.9 Å². The molecule has 0 aliphatic carbocycles. The van der Waals surface area contributed by atoms with Gasteiger partial charge in [-0.2, -0.15) is 5.10 Å². The molecule has 1 amide bonds. The second kappa shape index (κ2) is 7.83. The van der Waals surface area contributed by atoms with E-state index in [-0.39, 0.29) is 5.91 Å². The molecule has 2 aromatic heterocycles. The van der Waals surface area contributed by atoms with Crippen LogP contribution in [0.25, 0.3) is 22.3 Å². The highest BCUT2D eigenvalue weighted by Gasteiger charge is 2.14.